The first kappa shape index (κ1) is 17.0. The van der Waals surface area contributed by atoms with Crippen LogP contribution in [-0.4, -0.2) is 44.9 Å². The first-order valence-corrected chi connectivity index (χ1v) is 8.48. The summed E-state index contributed by atoms with van der Waals surface area (Å²) in [5, 5.41) is 3.56. The van der Waals surface area contributed by atoms with E-state index in [1.807, 2.05) is 25.1 Å². The van der Waals surface area contributed by atoms with Gasteiger partial charge in [0, 0.05) is 26.2 Å². The summed E-state index contributed by atoms with van der Waals surface area (Å²) in [7, 11) is 1.69. The van der Waals surface area contributed by atoms with Gasteiger partial charge in [-0.2, -0.15) is 0 Å². The third-order valence-electron chi connectivity index (χ3n) is 4.38. The summed E-state index contributed by atoms with van der Waals surface area (Å²) in [5.41, 5.74) is 1.21. The quantitative estimate of drug-likeness (QED) is 0.846. The lowest BCUT2D eigenvalue weighted by molar-refractivity contribution is 0.0115. The highest BCUT2D eigenvalue weighted by molar-refractivity contribution is 5.28. The Kier molecular flexibility index (Phi) is 5.91. The van der Waals surface area contributed by atoms with Gasteiger partial charge in [0.25, 0.3) is 0 Å². The lowest BCUT2D eigenvalue weighted by Gasteiger charge is -2.33. The molecule has 2 aromatic rings. The van der Waals surface area contributed by atoms with Crippen molar-refractivity contribution in [2.24, 2.45) is 0 Å². The van der Waals surface area contributed by atoms with Crippen molar-refractivity contribution >= 4 is 0 Å². The van der Waals surface area contributed by atoms with E-state index in [9.17, 15) is 0 Å². The summed E-state index contributed by atoms with van der Waals surface area (Å²) in [5.74, 6) is 2.87. The maximum atomic E-state index is 5.90. The molecule has 1 unspecified atom stereocenters. The van der Waals surface area contributed by atoms with E-state index in [2.05, 4.69) is 28.4 Å². The van der Waals surface area contributed by atoms with Crippen molar-refractivity contribution in [1.29, 1.82) is 0 Å². The lowest BCUT2D eigenvalue weighted by atomic mass is 10.1. The lowest BCUT2D eigenvalue weighted by Crippen LogP contribution is -2.42. The van der Waals surface area contributed by atoms with Crippen LogP contribution in [0.5, 0.6) is 5.75 Å². The Morgan fingerprint density at radius 2 is 2.04 bits per heavy atom. The van der Waals surface area contributed by atoms with Crippen molar-refractivity contribution in [3.8, 4) is 5.75 Å². The highest BCUT2D eigenvalue weighted by Gasteiger charge is 2.24. The van der Waals surface area contributed by atoms with Crippen molar-refractivity contribution < 1.29 is 13.9 Å². The van der Waals surface area contributed by atoms with Crippen LogP contribution in [0, 0.1) is 6.92 Å². The van der Waals surface area contributed by atoms with Gasteiger partial charge < -0.3 is 19.2 Å². The number of nitrogens with one attached hydrogen (secondary N) is 1. The largest absolute Gasteiger partial charge is 0.497 e. The van der Waals surface area contributed by atoms with E-state index in [0.717, 1.165) is 56.7 Å². The fraction of sp³-hybridized carbons (Fsp3) is 0.474. The van der Waals surface area contributed by atoms with Gasteiger partial charge in [-0.25, -0.2) is 0 Å². The second-order valence-electron chi connectivity index (χ2n) is 6.09. The van der Waals surface area contributed by atoms with Gasteiger partial charge >= 0.3 is 0 Å². The van der Waals surface area contributed by atoms with Gasteiger partial charge in [-0.05, 0) is 36.8 Å². The molecular weight excluding hydrogens is 304 g/mol. The normalized spacial score (nSPS) is 16.9. The van der Waals surface area contributed by atoms with Gasteiger partial charge in [-0.3, -0.25) is 4.90 Å². The number of furan rings is 1. The van der Waals surface area contributed by atoms with Crippen LogP contribution in [-0.2, 0) is 11.3 Å². The zero-order valence-corrected chi connectivity index (χ0v) is 14.5. The van der Waals surface area contributed by atoms with Crippen LogP contribution in [0.1, 0.15) is 23.1 Å². The third-order valence-corrected chi connectivity index (χ3v) is 4.38. The molecule has 0 aliphatic carbocycles. The SMILES string of the molecule is COc1cccc(CNCC(c2ccc(C)o2)N2CCOCC2)c1. The summed E-state index contributed by atoms with van der Waals surface area (Å²) in [4.78, 5) is 2.43. The number of rotatable bonds is 7. The molecule has 5 heteroatoms. The molecular formula is C19H26N2O3. The smallest absolute Gasteiger partial charge is 0.122 e. The molecule has 1 N–H and O–H groups in total. The molecule has 0 amide bonds. The van der Waals surface area contributed by atoms with Crippen molar-refractivity contribution in [2.75, 3.05) is 40.0 Å². The molecule has 1 aromatic heterocycles. The Hall–Kier alpha value is -1.82. The van der Waals surface area contributed by atoms with E-state index in [4.69, 9.17) is 13.9 Å². The Labute approximate surface area is 143 Å². The molecule has 0 bridgehead atoms. The van der Waals surface area contributed by atoms with Gasteiger partial charge in [0.05, 0.1) is 26.4 Å². The van der Waals surface area contributed by atoms with Gasteiger partial charge in [-0.1, -0.05) is 12.1 Å². The molecule has 1 fully saturated rings. The second kappa shape index (κ2) is 8.33. The van der Waals surface area contributed by atoms with Crippen LogP contribution in [0.4, 0.5) is 0 Å². The van der Waals surface area contributed by atoms with Gasteiger partial charge in [0.15, 0.2) is 0 Å². The standard InChI is InChI=1S/C19H26N2O3/c1-15-6-7-19(24-15)18(21-8-10-23-11-9-21)14-20-13-16-4-3-5-17(12-16)22-2/h3-7,12,18,20H,8-11,13-14H2,1-2H3. The molecule has 1 saturated heterocycles. The van der Waals surface area contributed by atoms with Crippen molar-refractivity contribution in [3.05, 3.63) is 53.5 Å². The molecule has 1 atom stereocenters. The number of methoxy groups -OCH3 is 1. The maximum absolute atomic E-state index is 5.90. The number of benzene rings is 1. The fourth-order valence-corrected chi connectivity index (χ4v) is 3.07. The zero-order valence-electron chi connectivity index (χ0n) is 14.5. The summed E-state index contributed by atoms with van der Waals surface area (Å²) >= 11 is 0. The van der Waals surface area contributed by atoms with E-state index in [0.29, 0.717) is 0 Å². The van der Waals surface area contributed by atoms with Gasteiger partial charge in [-0.15, -0.1) is 0 Å². The van der Waals surface area contributed by atoms with E-state index in [-0.39, 0.29) is 6.04 Å². The van der Waals surface area contributed by atoms with Crippen molar-refractivity contribution in [3.63, 3.8) is 0 Å². The van der Waals surface area contributed by atoms with E-state index < -0.39 is 0 Å². The molecule has 3 rings (SSSR count). The topological polar surface area (TPSA) is 46.9 Å². The predicted octanol–water partition coefficient (Wildman–Crippen LogP) is 2.76. The third kappa shape index (κ3) is 4.38. The minimum Gasteiger partial charge on any atom is -0.497 e. The fourth-order valence-electron chi connectivity index (χ4n) is 3.07. The molecule has 1 aliphatic rings. The molecule has 0 radical (unpaired) electrons. The first-order chi connectivity index (χ1) is 11.8. The molecule has 1 aliphatic heterocycles. The summed E-state index contributed by atoms with van der Waals surface area (Å²) in [6, 6.07) is 12.5. The molecule has 24 heavy (non-hydrogen) atoms. The van der Waals surface area contributed by atoms with E-state index in [1.54, 1.807) is 7.11 Å². The number of nitrogens with zero attached hydrogens (tertiary/aromatic N) is 1. The Morgan fingerprint density at radius 3 is 2.75 bits per heavy atom. The maximum Gasteiger partial charge on any atom is 0.122 e. The zero-order chi connectivity index (χ0) is 16.8. The summed E-state index contributed by atoms with van der Waals surface area (Å²) < 4.78 is 16.7. The molecule has 5 nitrogen and oxygen atoms in total. The monoisotopic (exact) mass is 330 g/mol. The van der Waals surface area contributed by atoms with Crippen LogP contribution in [0.3, 0.4) is 0 Å². The average molecular weight is 330 g/mol. The highest BCUT2D eigenvalue weighted by atomic mass is 16.5. The van der Waals surface area contributed by atoms with Crippen molar-refractivity contribution in [2.45, 2.75) is 19.5 Å². The van der Waals surface area contributed by atoms with Crippen LogP contribution in [0.25, 0.3) is 0 Å². The molecule has 0 saturated carbocycles. The van der Waals surface area contributed by atoms with E-state index in [1.165, 1.54) is 5.56 Å². The number of ether oxygens (including phenoxy) is 2. The molecule has 0 spiro atoms. The summed E-state index contributed by atoms with van der Waals surface area (Å²) in [6.45, 7) is 7.07. The number of morpholine rings is 1. The average Bonchev–Trinajstić information content (AvgIpc) is 3.05. The van der Waals surface area contributed by atoms with Crippen LogP contribution in [0.15, 0.2) is 40.8 Å². The Morgan fingerprint density at radius 1 is 1.21 bits per heavy atom. The Bertz CT molecular complexity index is 635. The number of aryl methyl sites for hydroxylation is 1. The van der Waals surface area contributed by atoms with Crippen molar-refractivity contribution in [1.82, 2.24) is 10.2 Å². The van der Waals surface area contributed by atoms with Crippen LogP contribution in [0.2, 0.25) is 0 Å². The van der Waals surface area contributed by atoms with E-state index >= 15 is 0 Å². The van der Waals surface area contributed by atoms with Gasteiger partial charge in [0.1, 0.15) is 17.3 Å². The van der Waals surface area contributed by atoms with Gasteiger partial charge in [0.2, 0.25) is 0 Å². The van der Waals surface area contributed by atoms with Crippen LogP contribution >= 0.6 is 0 Å². The highest BCUT2D eigenvalue weighted by Crippen LogP contribution is 2.23. The minimum absolute atomic E-state index is 0.230. The number of hydrogen-bond donors (Lipinski definition) is 1. The summed E-state index contributed by atoms with van der Waals surface area (Å²) in [6.07, 6.45) is 0. The Balaban J connectivity index is 1.63. The molecule has 130 valence electrons. The minimum atomic E-state index is 0.230. The number of hydrogen-bond acceptors (Lipinski definition) is 5. The van der Waals surface area contributed by atoms with Crippen LogP contribution < -0.4 is 10.1 Å². The molecule has 2 heterocycles. The molecule has 1 aromatic carbocycles. The second-order valence-corrected chi connectivity index (χ2v) is 6.09. The predicted molar refractivity (Wildman–Crippen MR) is 93.3 cm³/mol. The first-order valence-electron chi connectivity index (χ1n) is 8.48.